The van der Waals surface area contributed by atoms with Crippen LogP contribution in [0.1, 0.15) is 33.7 Å². The van der Waals surface area contributed by atoms with Crippen molar-refractivity contribution in [2.75, 3.05) is 5.32 Å². The average Bonchev–Trinajstić information content (AvgIpc) is 3.13. The maximum Gasteiger partial charge on any atom is 0.278 e. The zero-order chi connectivity index (χ0) is 17.2. The Labute approximate surface area is 147 Å². The molecule has 0 radical (unpaired) electrons. The number of nitrogens with one attached hydrogen (secondary N) is 2. The molecule has 2 N–H and O–H groups in total. The minimum Gasteiger partial charge on any atom is -0.355 e. The molecule has 25 heavy (non-hydrogen) atoms. The predicted molar refractivity (Wildman–Crippen MR) is 92.5 cm³/mol. The van der Waals surface area contributed by atoms with Gasteiger partial charge in [0, 0.05) is 30.1 Å². The topological polar surface area (TPSA) is 97.1 Å². The highest BCUT2D eigenvalue weighted by molar-refractivity contribution is 7.14. The molecule has 126 valence electrons. The number of carbonyl (C=O) groups is 2. The molecule has 3 aromatic heterocycles. The van der Waals surface area contributed by atoms with Gasteiger partial charge in [-0.15, -0.1) is 11.3 Å². The van der Waals surface area contributed by atoms with Crippen LogP contribution >= 0.6 is 11.3 Å². The molecule has 4 rings (SSSR count). The lowest BCUT2D eigenvalue weighted by molar-refractivity contribution is 0.0952. The lowest BCUT2D eigenvalue weighted by Crippen LogP contribution is -2.26. The summed E-state index contributed by atoms with van der Waals surface area (Å²) in [6.07, 6.45) is 5.29. The first-order valence-electron chi connectivity index (χ1n) is 7.77. The van der Waals surface area contributed by atoms with Crippen LogP contribution in [-0.2, 0) is 0 Å². The van der Waals surface area contributed by atoms with Crippen molar-refractivity contribution < 1.29 is 14.1 Å². The smallest absolute Gasteiger partial charge is 0.278 e. The van der Waals surface area contributed by atoms with E-state index < -0.39 is 5.91 Å². The molecule has 0 aromatic carbocycles. The molecule has 0 unspecified atom stereocenters. The minimum absolute atomic E-state index is 0.140. The summed E-state index contributed by atoms with van der Waals surface area (Å²) in [7, 11) is 0. The van der Waals surface area contributed by atoms with Crippen molar-refractivity contribution in [1.82, 2.24) is 15.5 Å². The molecule has 8 heteroatoms. The summed E-state index contributed by atoms with van der Waals surface area (Å²) >= 11 is 1.29. The summed E-state index contributed by atoms with van der Waals surface area (Å²) < 4.78 is 5.20. The molecule has 7 nitrogen and oxygen atoms in total. The summed E-state index contributed by atoms with van der Waals surface area (Å²) in [5.74, 6) is -0.145. The predicted octanol–water partition coefficient (Wildman–Crippen LogP) is 2.94. The summed E-state index contributed by atoms with van der Waals surface area (Å²) in [5, 5.41) is 11.7. The molecule has 1 fully saturated rings. The van der Waals surface area contributed by atoms with Crippen molar-refractivity contribution in [2.45, 2.75) is 18.9 Å². The van der Waals surface area contributed by atoms with Gasteiger partial charge in [-0.25, -0.2) is 0 Å². The van der Waals surface area contributed by atoms with Crippen molar-refractivity contribution >= 4 is 28.2 Å². The van der Waals surface area contributed by atoms with Crippen LogP contribution < -0.4 is 10.6 Å². The van der Waals surface area contributed by atoms with Crippen molar-refractivity contribution in [3.63, 3.8) is 0 Å². The molecule has 1 aliphatic rings. The van der Waals surface area contributed by atoms with E-state index in [4.69, 9.17) is 4.52 Å². The van der Waals surface area contributed by atoms with E-state index in [-0.39, 0.29) is 17.6 Å². The van der Waals surface area contributed by atoms with Gasteiger partial charge in [-0.2, -0.15) is 0 Å². The van der Waals surface area contributed by atoms with E-state index in [1.807, 2.05) is 6.07 Å². The maximum absolute atomic E-state index is 12.4. The zero-order valence-electron chi connectivity index (χ0n) is 13.1. The summed E-state index contributed by atoms with van der Waals surface area (Å²) in [5.41, 5.74) is 1.33. The highest BCUT2D eigenvalue weighted by atomic mass is 32.1. The van der Waals surface area contributed by atoms with E-state index in [0.29, 0.717) is 16.3 Å². The number of carbonyl (C=O) groups excluding carboxylic acids is 2. The summed E-state index contributed by atoms with van der Waals surface area (Å²) in [4.78, 5) is 28.6. The second-order valence-electron chi connectivity index (χ2n) is 5.68. The fraction of sp³-hybridized carbons (Fsp3) is 0.176. The van der Waals surface area contributed by atoms with E-state index in [0.717, 1.165) is 18.4 Å². The first-order valence-corrected chi connectivity index (χ1v) is 8.65. The molecule has 0 bridgehead atoms. The second-order valence-corrected chi connectivity index (χ2v) is 6.60. The number of hydrogen-bond acceptors (Lipinski definition) is 6. The van der Waals surface area contributed by atoms with E-state index in [9.17, 15) is 9.59 Å². The molecule has 0 atom stereocenters. The Morgan fingerprint density at radius 3 is 2.88 bits per heavy atom. The second kappa shape index (κ2) is 6.48. The monoisotopic (exact) mass is 354 g/mol. The van der Waals surface area contributed by atoms with E-state index in [1.165, 1.54) is 11.3 Å². The maximum atomic E-state index is 12.4. The molecule has 1 saturated carbocycles. The third kappa shape index (κ3) is 3.43. The third-order valence-electron chi connectivity index (χ3n) is 3.74. The number of pyridine rings is 1. The summed E-state index contributed by atoms with van der Waals surface area (Å²) in [6, 6.07) is 7.09. The van der Waals surface area contributed by atoms with Crippen LogP contribution in [0.25, 0.3) is 11.3 Å². The lowest BCUT2D eigenvalue weighted by atomic mass is 10.2. The van der Waals surface area contributed by atoms with Crippen molar-refractivity contribution in [3.05, 3.63) is 53.3 Å². The van der Waals surface area contributed by atoms with Gasteiger partial charge in [0.25, 0.3) is 11.8 Å². The number of anilines is 1. The van der Waals surface area contributed by atoms with Crippen LogP contribution in [0.4, 0.5) is 5.00 Å². The van der Waals surface area contributed by atoms with Gasteiger partial charge in [-0.1, -0.05) is 5.16 Å². The van der Waals surface area contributed by atoms with Crippen LogP contribution in [0.3, 0.4) is 0 Å². The highest BCUT2D eigenvalue weighted by Gasteiger charge is 2.26. The minimum atomic E-state index is -0.429. The molecule has 3 aromatic rings. The van der Waals surface area contributed by atoms with Gasteiger partial charge in [-0.3, -0.25) is 14.6 Å². The Kier molecular flexibility index (Phi) is 4.02. The van der Waals surface area contributed by atoms with Crippen LogP contribution in [0.15, 0.2) is 46.6 Å². The quantitative estimate of drug-likeness (QED) is 0.734. The Balaban J connectivity index is 1.48. The highest BCUT2D eigenvalue weighted by Crippen LogP contribution is 2.26. The Hall–Kier alpha value is -3.00. The van der Waals surface area contributed by atoms with Crippen molar-refractivity contribution in [3.8, 4) is 11.3 Å². The van der Waals surface area contributed by atoms with Gasteiger partial charge < -0.3 is 15.2 Å². The Morgan fingerprint density at radius 2 is 2.12 bits per heavy atom. The Bertz CT molecular complexity index is 915. The van der Waals surface area contributed by atoms with Crippen LogP contribution in [0.5, 0.6) is 0 Å². The zero-order valence-corrected chi connectivity index (χ0v) is 13.9. The van der Waals surface area contributed by atoms with Gasteiger partial charge >= 0.3 is 0 Å². The average molecular weight is 354 g/mol. The number of hydrogen-bond donors (Lipinski definition) is 2. The number of amides is 2. The molecular weight excluding hydrogens is 340 g/mol. The molecule has 3 heterocycles. The van der Waals surface area contributed by atoms with Crippen LogP contribution in [-0.4, -0.2) is 28.0 Å². The fourth-order valence-electron chi connectivity index (χ4n) is 2.27. The van der Waals surface area contributed by atoms with Crippen LogP contribution in [0.2, 0.25) is 0 Å². The van der Waals surface area contributed by atoms with Gasteiger partial charge in [0.05, 0.1) is 5.56 Å². The van der Waals surface area contributed by atoms with Gasteiger partial charge in [0.2, 0.25) is 0 Å². The first-order chi connectivity index (χ1) is 12.2. The van der Waals surface area contributed by atoms with Crippen molar-refractivity contribution in [2.24, 2.45) is 0 Å². The number of nitrogens with zero attached hydrogens (tertiary/aromatic N) is 2. The van der Waals surface area contributed by atoms with Gasteiger partial charge in [0.15, 0.2) is 11.5 Å². The third-order valence-corrected chi connectivity index (χ3v) is 4.57. The SMILES string of the molecule is O=C(Nc1sccc1C(=O)NC1CC1)c1cc(-c2cccnc2)on1. The van der Waals surface area contributed by atoms with E-state index in [2.05, 4.69) is 20.8 Å². The number of aromatic nitrogens is 2. The molecule has 1 aliphatic carbocycles. The molecule has 0 saturated heterocycles. The standard InChI is InChI=1S/C17H14N4O3S/c22-15(19-11-3-4-11)12-5-7-25-17(12)20-16(23)13-8-14(24-21-13)10-2-1-6-18-9-10/h1-2,5-9,11H,3-4H2,(H,19,22)(H,20,23). The van der Waals surface area contributed by atoms with Crippen molar-refractivity contribution in [1.29, 1.82) is 0 Å². The van der Waals surface area contributed by atoms with Gasteiger partial charge in [0.1, 0.15) is 5.00 Å². The van der Waals surface area contributed by atoms with Gasteiger partial charge in [-0.05, 0) is 36.4 Å². The number of thiophene rings is 1. The first kappa shape index (κ1) is 15.5. The fourth-order valence-corrected chi connectivity index (χ4v) is 3.05. The molecular formula is C17H14N4O3S. The van der Waals surface area contributed by atoms with E-state index >= 15 is 0 Å². The molecule has 0 spiro atoms. The normalized spacial score (nSPS) is 13.4. The molecule has 2 amide bonds. The molecule has 0 aliphatic heterocycles. The lowest BCUT2D eigenvalue weighted by Gasteiger charge is -2.05. The number of rotatable bonds is 5. The van der Waals surface area contributed by atoms with E-state index in [1.54, 1.807) is 36.0 Å². The van der Waals surface area contributed by atoms with Crippen LogP contribution in [0, 0.1) is 0 Å². The summed E-state index contributed by atoms with van der Waals surface area (Å²) in [6.45, 7) is 0. The largest absolute Gasteiger partial charge is 0.355 e. The Morgan fingerprint density at radius 1 is 1.24 bits per heavy atom.